The fourth-order valence-electron chi connectivity index (χ4n) is 18.0. The SMILES string of the molecule is c1ccc(-c2ccccc2N(c2cc3c4c(c2)N(c2cccc(-c5cccc6c5oc5ccccc56)c2)c2cc(-c5cccc6c5oc5ccccc56)ccc2B4c2ccc(-c4cccc5c4oc4ccccc45)cc2N3c2cccc(-c3cccc4c3oc3ccccc34)c2)c2ccccc2-c2ccccc2)cc1. The topological polar surface area (TPSA) is 62.3 Å². The molecule has 0 amide bonds. The van der Waals surface area contributed by atoms with Gasteiger partial charge in [-0.2, -0.15) is 0 Å². The van der Waals surface area contributed by atoms with Crippen molar-refractivity contribution in [1.29, 1.82) is 0 Å². The van der Waals surface area contributed by atoms with Gasteiger partial charge in [0.2, 0.25) is 0 Å². The third-order valence-electron chi connectivity index (χ3n) is 22.8. The van der Waals surface area contributed by atoms with Gasteiger partial charge in [-0.25, -0.2) is 0 Å². The highest BCUT2D eigenvalue weighted by Gasteiger charge is 2.45. The Balaban J connectivity index is 0.854. The predicted molar refractivity (Wildman–Crippen MR) is 457 cm³/mol. The molecular formula is C102H62BN3O4. The fourth-order valence-corrected chi connectivity index (χ4v) is 18.0. The number of fused-ring (bicyclic) bond motifs is 16. The second-order valence-electron chi connectivity index (χ2n) is 28.9. The summed E-state index contributed by atoms with van der Waals surface area (Å²) in [7, 11) is 0. The van der Waals surface area contributed by atoms with Crippen LogP contribution in [0.2, 0.25) is 0 Å². The lowest BCUT2D eigenvalue weighted by Crippen LogP contribution is -2.61. The van der Waals surface area contributed by atoms with Gasteiger partial charge in [0.1, 0.15) is 44.7 Å². The minimum atomic E-state index is -0.319. The third kappa shape index (κ3) is 9.52. The Morgan fingerprint density at radius 1 is 0.218 bits per heavy atom. The van der Waals surface area contributed by atoms with Crippen molar-refractivity contribution in [2.45, 2.75) is 0 Å². The zero-order valence-electron chi connectivity index (χ0n) is 59.3. The molecule has 6 heterocycles. The zero-order valence-corrected chi connectivity index (χ0v) is 59.3. The van der Waals surface area contributed by atoms with Crippen LogP contribution in [0.15, 0.2) is 394 Å². The molecule has 0 saturated heterocycles. The first kappa shape index (κ1) is 61.7. The highest BCUT2D eigenvalue weighted by molar-refractivity contribution is 7.00. The van der Waals surface area contributed by atoms with E-state index in [-0.39, 0.29) is 6.71 Å². The van der Waals surface area contributed by atoms with Crippen molar-refractivity contribution in [2.75, 3.05) is 14.7 Å². The predicted octanol–water partition coefficient (Wildman–Crippen LogP) is 26.8. The average Bonchev–Trinajstić information content (AvgIpc) is 0.921. The molecule has 0 aliphatic carbocycles. The Labute approximate surface area is 633 Å². The summed E-state index contributed by atoms with van der Waals surface area (Å²) in [6.07, 6.45) is 0. The van der Waals surface area contributed by atoms with Gasteiger partial charge in [-0.15, -0.1) is 0 Å². The van der Waals surface area contributed by atoms with Crippen molar-refractivity contribution < 1.29 is 17.7 Å². The number of para-hydroxylation sites is 10. The molecule has 0 spiro atoms. The molecule has 0 radical (unpaired) electrons. The number of nitrogens with zero attached hydrogens (tertiary/aromatic N) is 3. The molecule has 0 saturated carbocycles. The molecule has 23 rings (SSSR count). The van der Waals surface area contributed by atoms with Crippen LogP contribution in [0.5, 0.6) is 0 Å². The van der Waals surface area contributed by atoms with Gasteiger partial charge in [-0.3, -0.25) is 0 Å². The molecule has 512 valence electrons. The first-order valence-electron chi connectivity index (χ1n) is 37.5. The van der Waals surface area contributed by atoms with Crippen LogP contribution < -0.4 is 31.1 Å². The van der Waals surface area contributed by atoms with Crippen molar-refractivity contribution in [3.05, 3.63) is 376 Å². The molecule has 2 aliphatic heterocycles. The van der Waals surface area contributed by atoms with Gasteiger partial charge in [0.15, 0.2) is 0 Å². The number of benzene rings is 17. The summed E-state index contributed by atoms with van der Waals surface area (Å²) in [4.78, 5) is 7.63. The summed E-state index contributed by atoms with van der Waals surface area (Å²) < 4.78 is 27.7. The van der Waals surface area contributed by atoms with E-state index in [0.717, 1.165) is 222 Å². The van der Waals surface area contributed by atoms with E-state index in [1.54, 1.807) is 0 Å². The Bertz CT molecular complexity index is 6920. The van der Waals surface area contributed by atoms with Crippen LogP contribution in [0, 0.1) is 0 Å². The Morgan fingerprint density at radius 2 is 0.518 bits per heavy atom. The summed E-state index contributed by atoms with van der Waals surface area (Å²) >= 11 is 0. The van der Waals surface area contributed by atoms with Crippen LogP contribution >= 0.6 is 0 Å². The van der Waals surface area contributed by atoms with Gasteiger partial charge in [0.05, 0.1) is 17.1 Å². The number of hydrogen-bond acceptors (Lipinski definition) is 7. The van der Waals surface area contributed by atoms with Crippen molar-refractivity contribution in [3.8, 4) is 66.8 Å². The maximum atomic E-state index is 6.97. The molecule has 8 heteroatoms. The molecule has 17 aromatic carbocycles. The molecule has 110 heavy (non-hydrogen) atoms. The summed E-state index contributed by atoms with van der Waals surface area (Å²) in [6, 6.07) is 137. The molecule has 2 aliphatic rings. The van der Waals surface area contributed by atoms with Crippen LogP contribution in [-0.2, 0) is 0 Å². The van der Waals surface area contributed by atoms with E-state index in [1.807, 2.05) is 12.1 Å². The molecule has 7 nitrogen and oxygen atoms in total. The molecule has 0 bridgehead atoms. The monoisotopic (exact) mass is 1400 g/mol. The highest BCUT2D eigenvalue weighted by Crippen LogP contribution is 2.54. The van der Waals surface area contributed by atoms with E-state index in [4.69, 9.17) is 17.7 Å². The molecule has 0 fully saturated rings. The first-order chi connectivity index (χ1) is 54.6. The molecule has 0 unspecified atom stereocenters. The largest absolute Gasteiger partial charge is 0.455 e. The van der Waals surface area contributed by atoms with Crippen molar-refractivity contribution in [2.24, 2.45) is 0 Å². The Morgan fingerprint density at radius 3 is 0.900 bits per heavy atom. The summed E-state index contributed by atoms with van der Waals surface area (Å²) in [6.45, 7) is -0.319. The fraction of sp³-hybridized carbons (Fsp3) is 0. The first-order valence-corrected chi connectivity index (χ1v) is 37.5. The second-order valence-corrected chi connectivity index (χ2v) is 28.9. The van der Waals surface area contributed by atoms with Crippen molar-refractivity contribution in [3.63, 3.8) is 0 Å². The lowest BCUT2D eigenvalue weighted by atomic mass is 9.33. The minimum Gasteiger partial charge on any atom is -0.455 e. The van der Waals surface area contributed by atoms with Crippen molar-refractivity contribution in [1.82, 2.24) is 0 Å². The second kappa shape index (κ2) is 24.5. The smallest absolute Gasteiger partial charge is 0.252 e. The van der Waals surface area contributed by atoms with E-state index >= 15 is 0 Å². The van der Waals surface area contributed by atoms with Gasteiger partial charge >= 0.3 is 0 Å². The summed E-state index contributed by atoms with van der Waals surface area (Å²) in [5.74, 6) is 0. The van der Waals surface area contributed by atoms with Crippen LogP contribution in [0.25, 0.3) is 155 Å². The molecular weight excluding hydrogens is 1340 g/mol. The molecule has 4 aromatic heterocycles. The zero-order chi connectivity index (χ0) is 72.1. The Hall–Kier alpha value is -14.6. The van der Waals surface area contributed by atoms with E-state index < -0.39 is 0 Å². The Kier molecular flexibility index (Phi) is 13.7. The number of hydrogen-bond donors (Lipinski definition) is 0. The average molecular weight is 1400 g/mol. The quantitative estimate of drug-likeness (QED) is 0.120. The van der Waals surface area contributed by atoms with E-state index in [9.17, 15) is 0 Å². The lowest BCUT2D eigenvalue weighted by Gasteiger charge is -2.45. The van der Waals surface area contributed by atoms with Gasteiger partial charge in [-0.05, 0) is 135 Å². The van der Waals surface area contributed by atoms with Crippen LogP contribution in [0.3, 0.4) is 0 Å². The van der Waals surface area contributed by atoms with Gasteiger partial charge in [0.25, 0.3) is 6.71 Å². The molecule has 21 aromatic rings. The lowest BCUT2D eigenvalue weighted by molar-refractivity contribution is 0.669. The third-order valence-corrected chi connectivity index (χ3v) is 22.8. The van der Waals surface area contributed by atoms with E-state index in [2.05, 4.69) is 379 Å². The number of anilines is 9. The summed E-state index contributed by atoms with van der Waals surface area (Å²) in [5, 5.41) is 8.61. The maximum Gasteiger partial charge on any atom is 0.252 e. The van der Waals surface area contributed by atoms with Crippen LogP contribution in [0.1, 0.15) is 0 Å². The van der Waals surface area contributed by atoms with E-state index in [1.165, 1.54) is 0 Å². The number of rotatable bonds is 11. The van der Waals surface area contributed by atoms with Gasteiger partial charge < -0.3 is 32.4 Å². The molecule has 0 atom stereocenters. The standard InChI is InChI=1S/C102H62BN3O4/c1-3-25-63(26-4-1)72-33-7-13-47-88(72)106(89-48-14-8-34-73(89)64-27-5-2-6-28-64)71-61-92-98-93(62-71)105(70-32-20-30-66(58-70)75-40-22-44-83-79-36-10-16-50-95(79)108-100(75)83)91-60-68(77-42-24-46-85-81-38-12-18-52-97(81)110-102(77)85)54-56-87(91)103(98)86-55-53-67(76-41-23-45-84-80-37-11-17-51-96(80)109-101(76)84)59-90(86)104(92)69-31-19-29-65(57-69)74-39-21-43-82-78-35-9-15-49-94(78)107-99(74)82/h1-62H. The summed E-state index contributed by atoms with van der Waals surface area (Å²) in [5.41, 5.74) is 31.7. The van der Waals surface area contributed by atoms with Gasteiger partial charge in [0, 0.05) is 111 Å². The minimum absolute atomic E-state index is 0.319. The molecule has 0 N–H and O–H groups in total. The highest BCUT2D eigenvalue weighted by atomic mass is 16.3. The maximum absolute atomic E-state index is 6.97. The normalized spacial score (nSPS) is 12.5. The van der Waals surface area contributed by atoms with Gasteiger partial charge in [-0.1, -0.05) is 291 Å². The van der Waals surface area contributed by atoms with Crippen LogP contribution in [0.4, 0.5) is 51.2 Å². The number of furan rings is 4. The van der Waals surface area contributed by atoms with Crippen molar-refractivity contribution >= 4 is 162 Å². The van der Waals surface area contributed by atoms with Crippen LogP contribution in [-0.4, -0.2) is 6.71 Å². The van der Waals surface area contributed by atoms with E-state index in [0.29, 0.717) is 0 Å².